The summed E-state index contributed by atoms with van der Waals surface area (Å²) >= 11 is 0. The van der Waals surface area contributed by atoms with Gasteiger partial charge in [0.2, 0.25) is 0 Å². The van der Waals surface area contributed by atoms with Gasteiger partial charge in [-0.25, -0.2) is 0 Å². The van der Waals surface area contributed by atoms with Gasteiger partial charge in [0.1, 0.15) is 5.75 Å². The van der Waals surface area contributed by atoms with Crippen LogP contribution in [0.15, 0.2) is 59.8 Å². The molecule has 2 aromatic carbocycles. The molecule has 1 amide bonds. The highest BCUT2D eigenvalue weighted by atomic mass is 32.2. The molecule has 8 nitrogen and oxygen atoms in total. The predicted octanol–water partition coefficient (Wildman–Crippen LogP) is 2.46. The van der Waals surface area contributed by atoms with Gasteiger partial charge in [-0.05, 0) is 36.8 Å². The van der Waals surface area contributed by atoms with Crippen LogP contribution in [-0.4, -0.2) is 31.6 Å². The van der Waals surface area contributed by atoms with Crippen molar-refractivity contribution < 1.29 is 17.9 Å². The molecule has 0 saturated carbocycles. The number of ether oxygens (including phenoxy) is 1. The summed E-state index contributed by atoms with van der Waals surface area (Å²) in [5.41, 5.74) is 2.14. The van der Waals surface area contributed by atoms with Crippen molar-refractivity contribution in [3.8, 4) is 5.75 Å². The van der Waals surface area contributed by atoms with Crippen LogP contribution in [0.3, 0.4) is 0 Å². The first-order valence-corrected chi connectivity index (χ1v) is 9.91. The fourth-order valence-corrected chi connectivity index (χ4v) is 3.68. The maximum absolute atomic E-state index is 12.7. The molecular weight excluding hydrogens is 380 g/mol. The number of anilines is 1. The van der Waals surface area contributed by atoms with Crippen LogP contribution < -0.4 is 14.8 Å². The molecule has 1 aromatic heterocycles. The summed E-state index contributed by atoms with van der Waals surface area (Å²) in [5.74, 6) is 0.112. The third kappa shape index (κ3) is 4.49. The molecule has 0 radical (unpaired) electrons. The minimum absolute atomic E-state index is 0.0671. The highest BCUT2D eigenvalue weighted by Crippen LogP contribution is 2.18. The molecule has 0 spiro atoms. The lowest BCUT2D eigenvalue weighted by molar-refractivity contribution is 0.0947. The van der Waals surface area contributed by atoms with Crippen molar-refractivity contribution >= 4 is 21.6 Å². The van der Waals surface area contributed by atoms with Crippen molar-refractivity contribution in [1.82, 2.24) is 15.5 Å². The first kappa shape index (κ1) is 19.4. The fourth-order valence-electron chi connectivity index (χ4n) is 2.53. The number of carbonyl (C=O) groups excluding carboxylic acids is 1. The van der Waals surface area contributed by atoms with E-state index < -0.39 is 15.9 Å². The van der Waals surface area contributed by atoms with E-state index in [9.17, 15) is 13.2 Å². The molecule has 1 heterocycles. The van der Waals surface area contributed by atoms with E-state index in [0.717, 1.165) is 11.1 Å². The van der Waals surface area contributed by atoms with Gasteiger partial charge in [0, 0.05) is 12.2 Å². The number of sulfonamides is 1. The number of nitrogens with one attached hydrogen (secondary N) is 3. The number of amides is 1. The summed E-state index contributed by atoms with van der Waals surface area (Å²) in [6.45, 7) is 2.12. The van der Waals surface area contributed by atoms with E-state index in [2.05, 4.69) is 20.2 Å². The average molecular weight is 400 g/mol. The van der Waals surface area contributed by atoms with E-state index in [4.69, 9.17) is 4.74 Å². The lowest BCUT2D eigenvalue weighted by Crippen LogP contribution is -2.25. The number of rotatable bonds is 7. The Balaban J connectivity index is 1.74. The number of hydrogen-bond donors (Lipinski definition) is 3. The minimum Gasteiger partial charge on any atom is -0.497 e. The zero-order valence-corrected chi connectivity index (χ0v) is 16.2. The summed E-state index contributed by atoms with van der Waals surface area (Å²) in [6.07, 6.45) is 1.19. The van der Waals surface area contributed by atoms with Crippen LogP contribution >= 0.6 is 0 Å². The molecule has 0 fully saturated rings. The Kier molecular flexibility index (Phi) is 5.65. The second-order valence-corrected chi connectivity index (χ2v) is 7.74. The first-order valence-electron chi connectivity index (χ1n) is 8.43. The van der Waals surface area contributed by atoms with Crippen LogP contribution in [0, 0.1) is 6.92 Å². The number of H-pyrrole nitrogens is 1. The number of methoxy groups -OCH3 is 1. The molecule has 0 atom stereocenters. The van der Waals surface area contributed by atoms with Crippen molar-refractivity contribution in [2.24, 2.45) is 0 Å². The SMILES string of the molecule is COc1cccc(CNC(=O)c2cn[nH]c2S(=O)(=O)Nc2ccc(C)cc2)c1. The maximum Gasteiger partial charge on any atom is 0.279 e. The first-order chi connectivity index (χ1) is 13.4. The van der Waals surface area contributed by atoms with Gasteiger partial charge in [0.25, 0.3) is 15.9 Å². The fraction of sp³-hybridized carbons (Fsp3) is 0.158. The van der Waals surface area contributed by atoms with Gasteiger partial charge in [-0.3, -0.25) is 14.6 Å². The number of benzene rings is 2. The molecule has 3 rings (SSSR count). The van der Waals surface area contributed by atoms with Gasteiger partial charge in [0.15, 0.2) is 5.03 Å². The summed E-state index contributed by atoms with van der Waals surface area (Å²) in [6, 6.07) is 14.1. The van der Waals surface area contributed by atoms with E-state index in [1.165, 1.54) is 6.20 Å². The molecule has 9 heteroatoms. The quantitative estimate of drug-likeness (QED) is 0.564. The number of nitrogens with zero attached hydrogens (tertiary/aromatic N) is 1. The number of hydrogen-bond acceptors (Lipinski definition) is 5. The minimum atomic E-state index is -4.00. The topological polar surface area (TPSA) is 113 Å². The Morgan fingerprint density at radius 3 is 2.64 bits per heavy atom. The summed E-state index contributed by atoms with van der Waals surface area (Å²) in [5, 5.41) is 8.51. The van der Waals surface area contributed by atoms with Crippen molar-refractivity contribution in [3.05, 3.63) is 71.4 Å². The van der Waals surface area contributed by atoms with Gasteiger partial charge < -0.3 is 10.1 Å². The Bertz CT molecular complexity index is 1080. The number of aryl methyl sites for hydroxylation is 1. The molecule has 3 aromatic rings. The van der Waals surface area contributed by atoms with Gasteiger partial charge in [-0.2, -0.15) is 13.5 Å². The Morgan fingerprint density at radius 2 is 1.93 bits per heavy atom. The third-order valence-electron chi connectivity index (χ3n) is 4.01. The highest BCUT2D eigenvalue weighted by molar-refractivity contribution is 7.92. The van der Waals surface area contributed by atoms with Crippen molar-refractivity contribution in [3.63, 3.8) is 0 Å². The second-order valence-electron chi connectivity index (χ2n) is 6.12. The van der Waals surface area contributed by atoms with Crippen LogP contribution in [0.2, 0.25) is 0 Å². The van der Waals surface area contributed by atoms with E-state index in [1.54, 1.807) is 49.6 Å². The van der Waals surface area contributed by atoms with Crippen molar-refractivity contribution in [1.29, 1.82) is 0 Å². The summed E-state index contributed by atoms with van der Waals surface area (Å²) in [7, 11) is -2.44. The van der Waals surface area contributed by atoms with Crippen LogP contribution in [0.25, 0.3) is 0 Å². The average Bonchev–Trinajstić information content (AvgIpc) is 3.19. The summed E-state index contributed by atoms with van der Waals surface area (Å²) < 4.78 is 32.9. The Morgan fingerprint density at radius 1 is 1.18 bits per heavy atom. The molecule has 146 valence electrons. The Labute approximate surface area is 163 Å². The van der Waals surface area contributed by atoms with Gasteiger partial charge in [0.05, 0.1) is 18.9 Å². The second kappa shape index (κ2) is 8.13. The van der Waals surface area contributed by atoms with Crippen LogP contribution in [0.4, 0.5) is 5.69 Å². The predicted molar refractivity (Wildman–Crippen MR) is 105 cm³/mol. The molecule has 0 aliphatic rings. The Hall–Kier alpha value is -3.33. The maximum atomic E-state index is 12.7. The van der Waals surface area contributed by atoms with E-state index in [1.807, 2.05) is 13.0 Å². The normalized spacial score (nSPS) is 11.1. The molecule has 0 aliphatic heterocycles. The van der Waals surface area contributed by atoms with Crippen molar-refractivity contribution in [2.75, 3.05) is 11.8 Å². The molecule has 28 heavy (non-hydrogen) atoms. The van der Waals surface area contributed by atoms with Crippen LogP contribution in [-0.2, 0) is 16.6 Å². The molecule has 0 bridgehead atoms. The number of carbonyl (C=O) groups is 1. The molecule has 0 aliphatic carbocycles. The zero-order chi connectivity index (χ0) is 20.1. The van der Waals surface area contributed by atoms with Gasteiger partial charge >= 0.3 is 0 Å². The zero-order valence-electron chi connectivity index (χ0n) is 15.4. The van der Waals surface area contributed by atoms with Crippen LogP contribution in [0.5, 0.6) is 5.75 Å². The van der Waals surface area contributed by atoms with E-state index in [0.29, 0.717) is 11.4 Å². The monoisotopic (exact) mass is 400 g/mol. The smallest absolute Gasteiger partial charge is 0.279 e. The lowest BCUT2D eigenvalue weighted by atomic mass is 10.2. The van der Waals surface area contributed by atoms with Crippen LogP contribution in [0.1, 0.15) is 21.5 Å². The standard InChI is InChI=1S/C19H20N4O4S/c1-13-6-8-15(9-7-13)23-28(25,26)19-17(12-21-22-19)18(24)20-11-14-4-3-5-16(10-14)27-2/h3-10,12,23H,11H2,1-2H3,(H,20,24)(H,21,22). The largest absolute Gasteiger partial charge is 0.497 e. The summed E-state index contributed by atoms with van der Waals surface area (Å²) in [4.78, 5) is 12.5. The van der Waals surface area contributed by atoms with Gasteiger partial charge in [-0.1, -0.05) is 29.8 Å². The molecule has 0 saturated heterocycles. The van der Waals surface area contributed by atoms with Gasteiger partial charge in [-0.15, -0.1) is 0 Å². The molecular formula is C19H20N4O4S. The number of aromatic amines is 1. The van der Waals surface area contributed by atoms with E-state index >= 15 is 0 Å². The van der Waals surface area contributed by atoms with Crippen molar-refractivity contribution in [2.45, 2.75) is 18.5 Å². The number of aromatic nitrogens is 2. The lowest BCUT2D eigenvalue weighted by Gasteiger charge is -2.09. The molecule has 0 unspecified atom stereocenters. The highest BCUT2D eigenvalue weighted by Gasteiger charge is 2.25. The van der Waals surface area contributed by atoms with E-state index in [-0.39, 0.29) is 17.1 Å². The molecule has 3 N–H and O–H groups in total. The third-order valence-corrected chi connectivity index (χ3v) is 5.36.